The fourth-order valence-corrected chi connectivity index (χ4v) is 1.20. The van der Waals surface area contributed by atoms with Crippen molar-refractivity contribution in [1.82, 2.24) is 4.98 Å². The lowest BCUT2D eigenvalue weighted by Gasteiger charge is -2.16. The normalized spacial score (nSPS) is 14.6. The molecule has 0 aliphatic carbocycles. The standard InChI is InChI=1S/C9H12N2O4/c1-4-2-6(10)11-3-5(4)7(12)8(13)9(14)15/h2-3,7-8,12-13H,1H3,(H2,10,11)(H,14,15). The van der Waals surface area contributed by atoms with Gasteiger partial charge < -0.3 is 21.1 Å². The second-order valence-electron chi connectivity index (χ2n) is 3.19. The first-order valence-corrected chi connectivity index (χ1v) is 4.24. The summed E-state index contributed by atoms with van der Waals surface area (Å²) in [7, 11) is 0. The molecule has 6 heteroatoms. The number of nitrogens with zero attached hydrogens (tertiary/aromatic N) is 1. The van der Waals surface area contributed by atoms with Crippen molar-refractivity contribution >= 4 is 11.8 Å². The number of anilines is 1. The Hall–Kier alpha value is -1.66. The van der Waals surface area contributed by atoms with E-state index in [9.17, 15) is 9.90 Å². The van der Waals surface area contributed by atoms with Crippen LogP contribution >= 0.6 is 0 Å². The number of nitrogens with two attached hydrogens (primary N) is 1. The molecular formula is C9H12N2O4. The van der Waals surface area contributed by atoms with Gasteiger partial charge in [-0.25, -0.2) is 9.78 Å². The Morgan fingerprint density at radius 3 is 2.60 bits per heavy atom. The lowest BCUT2D eigenvalue weighted by molar-refractivity contribution is -0.153. The van der Waals surface area contributed by atoms with Gasteiger partial charge in [-0.15, -0.1) is 0 Å². The number of rotatable bonds is 3. The number of aryl methyl sites for hydroxylation is 1. The number of aliphatic hydroxyl groups excluding tert-OH is 2. The summed E-state index contributed by atoms with van der Waals surface area (Å²) in [5.41, 5.74) is 6.22. The molecule has 1 heterocycles. The minimum atomic E-state index is -1.87. The fourth-order valence-electron chi connectivity index (χ4n) is 1.20. The summed E-state index contributed by atoms with van der Waals surface area (Å²) in [6, 6.07) is 1.49. The Kier molecular flexibility index (Phi) is 3.23. The van der Waals surface area contributed by atoms with Gasteiger partial charge in [0.15, 0.2) is 6.10 Å². The number of hydrogen-bond donors (Lipinski definition) is 4. The highest BCUT2D eigenvalue weighted by molar-refractivity contribution is 5.73. The van der Waals surface area contributed by atoms with Gasteiger partial charge in [-0.3, -0.25) is 0 Å². The smallest absolute Gasteiger partial charge is 0.335 e. The van der Waals surface area contributed by atoms with E-state index in [4.69, 9.17) is 15.9 Å². The van der Waals surface area contributed by atoms with Gasteiger partial charge in [0.25, 0.3) is 0 Å². The first-order chi connectivity index (χ1) is 6.93. The summed E-state index contributed by atoms with van der Waals surface area (Å²) < 4.78 is 0. The minimum absolute atomic E-state index is 0.249. The molecule has 0 radical (unpaired) electrons. The van der Waals surface area contributed by atoms with Gasteiger partial charge in [-0.2, -0.15) is 0 Å². The summed E-state index contributed by atoms with van der Waals surface area (Å²) in [6.45, 7) is 1.64. The van der Waals surface area contributed by atoms with Crippen LogP contribution in [0.15, 0.2) is 12.3 Å². The SMILES string of the molecule is Cc1cc(N)ncc1C(O)C(O)C(=O)O. The van der Waals surface area contributed by atoms with Crippen LogP contribution in [-0.4, -0.2) is 32.4 Å². The third-order valence-corrected chi connectivity index (χ3v) is 2.04. The fraction of sp³-hybridized carbons (Fsp3) is 0.333. The van der Waals surface area contributed by atoms with Crippen molar-refractivity contribution in [2.24, 2.45) is 0 Å². The molecule has 1 aromatic heterocycles. The molecule has 2 unspecified atom stereocenters. The van der Waals surface area contributed by atoms with Crippen molar-refractivity contribution in [3.8, 4) is 0 Å². The molecule has 0 bridgehead atoms. The number of aliphatic carboxylic acids is 1. The highest BCUT2D eigenvalue weighted by atomic mass is 16.4. The van der Waals surface area contributed by atoms with Crippen LogP contribution < -0.4 is 5.73 Å². The van der Waals surface area contributed by atoms with Gasteiger partial charge in [0.2, 0.25) is 0 Å². The van der Waals surface area contributed by atoms with E-state index in [0.717, 1.165) is 0 Å². The van der Waals surface area contributed by atoms with Crippen molar-refractivity contribution in [2.45, 2.75) is 19.1 Å². The maximum Gasteiger partial charge on any atom is 0.335 e. The van der Waals surface area contributed by atoms with Crippen LogP contribution in [0.1, 0.15) is 17.2 Å². The molecule has 82 valence electrons. The molecule has 2 atom stereocenters. The van der Waals surface area contributed by atoms with Crippen molar-refractivity contribution in [1.29, 1.82) is 0 Å². The average molecular weight is 212 g/mol. The van der Waals surface area contributed by atoms with E-state index in [1.165, 1.54) is 12.3 Å². The van der Waals surface area contributed by atoms with E-state index in [0.29, 0.717) is 5.56 Å². The van der Waals surface area contributed by atoms with E-state index in [1.807, 2.05) is 0 Å². The molecule has 0 saturated carbocycles. The Morgan fingerprint density at radius 2 is 2.13 bits per heavy atom. The molecule has 0 fully saturated rings. The second kappa shape index (κ2) is 4.24. The third kappa shape index (κ3) is 2.42. The number of carbonyl (C=O) groups is 1. The van der Waals surface area contributed by atoms with Gasteiger partial charge in [-0.1, -0.05) is 0 Å². The maximum atomic E-state index is 10.4. The van der Waals surface area contributed by atoms with Crippen molar-refractivity contribution in [3.05, 3.63) is 23.4 Å². The number of carboxylic acid groups (broad SMARTS) is 1. The highest BCUT2D eigenvalue weighted by Crippen LogP contribution is 2.21. The Morgan fingerprint density at radius 1 is 1.53 bits per heavy atom. The number of carboxylic acids is 1. The molecule has 0 saturated heterocycles. The zero-order valence-electron chi connectivity index (χ0n) is 8.08. The molecule has 6 nitrogen and oxygen atoms in total. The van der Waals surface area contributed by atoms with Crippen LogP contribution in [0.25, 0.3) is 0 Å². The number of pyridine rings is 1. The quantitative estimate of drug-likeness (QED) is 0.534. The van der Waals surface area contributed by atoms with Crippen molar-refractivity contribution < 1.29 is 20.1 Å². The van der Waals surface area contributed by atoms with Crippen molar-refractivity contribution in [2.75, 3.05) is 5.73 Å². The molecule has 0 aliphatic rings. The Balaban J connectivity index is 3.01. The summed E-state index contributed by atoms with van der Waals surface area (Å²) in [4.78, 5) is 14.2. The topological polar surface area (TPSA) is 117 Å². The predicted molar refractivity (Wildman–Crippen MR) is 52.0 cm³/mol. The largest absolute Gasteiger partial charge is 0.479 e. The molecule has 1 aromatic rings. The summed E-state index contributed by atoms with van der Waals surface area (Å²) in [6.07, 6.45) is -2.12. The lowest BCUT2D eigenvalue weighted by Crippen LogP contribution is -2.28. The van der Waals surface area contributed by atoms with E-state index in [-0.39, 0.29) is 11.4 Å². The van der Waals surface area contributed by atoms with Gasteiger partial charge in [0.1, 0.15) is 11.9 Å². The molecule has 15 heavy (non-hydrogen) atoms. The summed E-state index contributed by atoms with van der Waals surface area (Å²) in [5.74, 6) is -1.22. The van der Waals surface area contributed by atoms with Crippen LogP contribution in [-0.2, 0) is 4.79 Å². The minimum Gasteiger partial charge on any atom is -0.479 e. The molecule has 5 N–H and O–H groups in total. The summed E-state index contributed by atoms with van der Waals surface area (Å²) >= 11 is 0. The van der Waals surface area contributed by atoms with Crippen LogP contribution in [0.2, 0.25) is 0 Å². The van der Waals surface area contributed by atoms with Crippen LogP contribution in [0.4, 0.5) is 5.82 Å². The lowest BCUT2D eigenvalue weighted by atomic mass is 10.0. The van der Waals surface area contributed by atoms with Gasteiger partial charge in [0, 0.05) is 11.8 Å². The second-order valence-corrected chi connectivity index (χ2v) is 3.19. The predicted octanol–water partition coefficient (Wildman–Crippen LogP) is -0.549. The first kappa shape index (κ1) is 11.4. The van der Waals surface area contributed by atoms with Gasteiger partial charge >= 0.3 is 5.97 Å². The number of nitrogen functional groups attached to an aromatic ring is 1. The Labute approximate surface area is 86.0 Å². The molecule has 0 amide bonds. The maximum absolute atomic E-state index is 10.4. The number of aromatic nitrogens is 1. The average Bonchev–Trinajstić information content (AvgIpc) is 2.15. The Bertz CT molecular complexity index is 380. The van der Waals surface area contributed by atoms with E-state index < -0.39 is 18.2 Å². The van der Waals surface area contributed by atoms with Gasteiger partial charge in [0.05, 0.1) is 0 Å². The molecule has 0 spiro atoms. The highest BCUT2D eigenvalue weighted by Gasteiger charge is 2.26. The van der Waals surface area contributed by atoms with Crippen molar-refractivity contribution in [3.63, 3.8) is 0 Å². The van der Waals surface area contributed by atoms with E-state index in [2.05, 4.69) is 4.98 Å². The van der Waals surface area contributed by atoms with Crippen LogP contribution in [0, 0.1) is 6.92 Å². The van der Waals surface area contributed by atoms with E-state index >= 15 is 0 Å². The molecule has 0 aromatic carbocycles. The van der Waals surface area contributed by atoms with Crippen LogP contribution in [0.5, 0.6) is 0 Å². The van der Waals surface area contributed by atoms with Gasteiger partial charge in [-0.05, 0) is 18.6 Å². The molecule has 1 rings (SSSR count). The first-order valence-electron chi connectivity index (χ1n) is 4.24. The summed E-state index contributed by atoms with van der Waals surface area (Å²) in [5, 5.41) is 27.2. The third-order valence-electron chi connectivity index (χ3n) is 2.04. The monoisotopic (exact) mass is 212 g/mol. The zero-order valence-corrected chi connectivity index (χ0v) is 8.08. The van der Waals surface area contributed by atoms with E-state index in [1.54, 1.807) is 6.92 Å². The molecular weight excluding hydrogens is 200 g/mol. The number of aliphatic hydroxyl groups is 2. The zero-order chi connectivity index (χ0) is 11.6. The van der Waals surface area contributed by atoms with Crippen LogP contribution in [0.3, 0.4) is 0 Å². The molecule has 0 aliphatic heterocycles. The number of hydrogen-bond acceptors (Lipinski definition) is 5.